The van der Waals surface area contributed by atoms with Crippen molar-refractivity contribution in [3.63, 3.8) is 0 Å². The van der Waals surface area contributed by atoms with E-state index in [1.165, 1.54) is 19.3 Å². The van der Waals surface area contributed by atoms with Crippen molar-refractivity contribution in [2.75, 3.05) is 17.7 Å². The largest absolute Gasteiger partial charge is 0.457 e. The van der Waals surface area contributed by atoms with Gasteiger partial charge in [-0.15, -0.1) is 0 Å². The summed E-state index contributed by atoms with van der Waals surface area (Å²) in [6.45, 7) is 3.81. The molecular weight excluding hydrogens is 396 g/mol. The van der Waals surface area contributed by atoms with Crippen LogP contribution in [0.15, 0.2) is 60.8 Å². The molecule has 0 atom stereocenters. The van der Waals surface area contributed by atoms with Gasteiger partial charge < -0.3 is 20.7 Å². The van der Waals surface area contributed by atoms with E-state index in [4.69, 9.17) is 4.74 Å². The summed E-state index contributed by atoms with van der Waals surface area (Å²) in [6, 6.07) is 15.1. The average Bonchev–Trinajstić information content (AvgIpc) is 2.77. The number of benzene rings is 2. The molecule has 0 spiro atoms. The van der Waals surface area contributed by atoms with Crippen LogP contribution in [0.4, 0.5) is 11.4 Å². The molecule has 3 N–H and O–H groups in total. The molecule has 0 radical (unpaired) electrons. The predicted molar refractivity (Wildman–Crippen MR) is 117 cm³/mol. The number of hydrogen-bond donors (Lipinski definition) is 3. The molecule has 3 aromatic rings. The number of carbonyl (C=O) groups excluding carboxylic acids is 3. The fourth-order valence-electron chi connectivity index (χ4n) is 2.72. The second-order valence-corrected chi connectivity index (χ2v) is 6.74. The number of nitrogens with one attached hydrogen (secondary N) is 3. The molecule has 0 bridgehead atoms. The zero-order valence-electron chi connectivity index (χ0n) is 17.4. The lowest BCUT2D eigenvalue weighted by molar-refractivity contribution is -0.133. The van der Waals surface area contributed by atoms with Gasteiger partial charge >= 0.3 is 11.8 Å². The van der Waals surface area contributed by atoms with Crippen LogP contribution in [0.5, 0.6) is 11.5 Å². The van der Waals surface area contributed by atoms with Crippen molar-refractivity contribution in [1.29, 1.82) is 0 Å². The van der Waals surface area contributed by atoms with E-state index in [2.05, 4.69) is 20.9 Å². The molecule has 1 heterocycles. The number of nitrogens with zero attached hydrogens (tertiary/aromatic N) is 1. The molecule has 0 saturated heterocycles. The lowest BCUT2D eigenvalue weighted by Gasteiger charge is -2.11. The van der Waals surface area contributed by atoms with Gasteiger partial charge in [0.1, 0.15) is 17.2 Å². The minimum atomic E-state index is -0.779. The maximum atomic E-state index is 12.2. The highest BCUT2D eigenvalue weighted by Gasteiger charge is 2.15. The Labute approximate surface area is 179 Å². The van der Waals surface area contributed by atoms with E-state index < -0.39 is 11.8 Å². The summed E-state index contributed by atoms with van der Waals surface area (Å²) in [4.78, 5) is 40.1. The van der Waals surface area contributed by atoms with Crippen LogP contribution in [0.2, 0.25) is 0 Å². The first-order valence-electron chi connectivity index (χ1n) is 9.52. The van der Waals surface area contributed by atoms with Crippen LogP contribution in [0.1, 0.15) is 21.6 Å². The molecule has 0 aliphatic heterocycles. The Hall–Kier alpha value is -4.20. The Kier molecular flexibility index (Phi) is 6.61. The minimum Gasteiger partial charge on any atom is -0.457 e. The first-order chi connectivity index (χ1) is 14.9. The Bertz CT molecular complexity index is 1130. The monoisotopic (exact) mass is 418 g/mol. The number of anilines is 2. The number of ether oxygens (including phenoxy) is 1. The number of rotatable bonds is 5. The van der Waals surface area contributed by atoms with Crippen molar-refractivity contribution in [1.82, 2.24) is 10.3 Å². The van der Waals surface area contributed by atoms with Crippen molar-refractivity contribution >= 4 is 29.1 Å². The Balaban J connectivity index is 1.61. The van der Waals surface area contributed by atoms with Crippen molar-refractivity contribution in [2.24, 2.45) is 0 Å². The zero-order chi connectivity index (χ0) is 22.4. The summed E-state index contributed by atoms with van der Waals surface area (Å²) in [6.07, 6.45) is 1.48. The van der Waals surface area contributed by atoms with Crippen molar-refractivity contribution in [3.8, 4) is 11.5 Å². The van der Waals surface area contributed by atoms with Gasteiger partial charge in [-0.25, -0.2) is 0 Å². The van der Waals surface area contributed by atoms with Crippen LogP contribution in [-0.4, -0.2) is 29.8 Å². The number of pyridine rings is 1. The fourth-order valence-corrected chi connectivity index (χ4v) is 2.72. The molecule has 1 aromatic heterocycles. The van der Waals surface area contributed by atoms with Gasteiger partial charge in [0.15, 0.2) is 0 Å². The standard InChI is InChI=1S/C23H22N4O4/c1-14-5-4-6-19(15(14)2)27-23(30)22(29)26-16-7-9-17(10-8-16)31-18-11-12-25-20(13-18)21(28)24-3/h4-13H,1-3H3,(H,24,28)(H,26,29)(H,27,30). The van der Waals surface area contributed by atoms with Gasteiger partial charge in [0.25, 0.3) is 5.91 Å². The predicted octanol–water partition coefficient (Wildman–Crippen LogP) is 3.43. The molecule has 0 fully saturated rings. The number of carbonyl (C=O) groups is 3. The lowest BCUT2D eigenvalue weighted by atomic mass is 10.1. The van der Waals surface area contributed by atoms with Crippen LogP contribution in [0.3, 0.4) is 0 Å². The number of aromatic nitrogens is 1. The van der Waals surface area contributed by atoms with Crippen molar-refractivity contribution in [2.45, 2.75) is 13.8 Å². The van der Waals surface area contributed by atoms with E-state index >= 15 is 0 Å². The van der Waals surface area contributed by atoms with Crippen molar-refractivity contribution in [3.05, 3.63) is 77.6 Å². The van der Waals surface area contributed by atoms with Gasteiger partial charge in [-0.05, 0) is 61.4 Å². The summed E-state index contributed by atoms with van der Waals surface area (Å²) in [5.41, 5.74) is 3.19. The second kappa shape index (κ2) is 9.53. The highest BCUT2D eigenvalue weighted by Crippen LogP contribution is 2.23. The molecule has 8 heteroatoms. The van der Waals surface area contributed by atoms with Gasteiger partial charge in [-0.3, -0.25) is 19.4 Å². The maximum absolute atomic E-state index is 12.2. The van der Waals surface area contributed by atoms with E-state index in [9.17, 15) is 14.4 Å². The summed E-state index contributed by atoms with van der Waals surface area (Å²) in [5.74, 6) is -0.917. The third-order valence-electron chi connectivity index (χ3n) is 4.60. The molecule has 0 saturated carbocycles. The number of hydrogen-bond acceptors (Lipinski definition) is 5. The van der Waals surface area contributed by atoms with Crippen LogP contribution < -0.4 is 20.7 Å². The van der Waals surface area contributed by atoms with Gasteiger partial charge in [-0.2, -0.15) is 0 Å². The maximum Gasteiger partial charge on any atom is 0.314 e. The van der Waals surface area contributed by atoms with E-state index in [1.807, 2.05) is 26.0 Å². The zero-order valence-corrected chi connectivity index (χ0v) is 17.4. The SMILES string of the molecule is CNC(=O)c1cc(Oc2ccc(NC(=O)C(=O)Nc3cccc(C)c3C)cc2)ccn1. The highest BCUT2D eigenvalue weighted by molar-refractivity contribution is 6.43. The second-order valence-electron chi connectivity index (χ2n) is 6.74. The minimum absolute atomic E-state index is 0.235. The summed E-state index contributed by atoms with van der Waals surface area (Å²) in [7, 11) is 1.52. The van der Waals surface area contributed by atoms with Crippen LogP contribution in [-0.2, 0) is 9.59 Å². The molecular formula is C23H22N4O4. The molecule has 0 aliphatic carbocycles. The first-order valence-corrected chi connectivity index (χ1v) is 9.52. The Morgan fingerprint density at radius 3 is 2.29 bits per heavy atom. The lowest BCUT2D eigenvalue weighted by Crippen LogP contribution is -2.29. The molecule has 158 valence electrons. The van der Waals surface area contributed by atoms with E-state index in [0.29, 0.717) is 22.9 Å². The topological polar surface area (TPSA) is 109 Å². The third-order valence-corrected chi connectivity index (χ3v) is 4.60. The van der Waals surface area contributed by atoms with Gasteiger partial charge in [0, 0.05) is 30.7 Å². The van der Waals surface area contributed by atoms with E-state index in [0.717, 1.165) is 11.1 Å². The summed E-state index contributed by atoms with van der Waals surface area (Å²) < 4.78 is 5.71. The van der Waals surface area contributed by atoms with E-state index in [-0.39, 0.29) is 11.6 Å². The quantitative estimate of drug-likeness (QED) is 0.550. The molecule has 0 aliphatic rings. The Morgan fingerprint density at radius 1 is 0.871 bits per heavy atom. The first kappa shape index (κ1) is 21.5. The molecule has 8 nitrogen and oxygen atoms in total. The highest BCUT2D eigenvalue weighted by atomic mass is 16.5. The Morgan fingerprint density at radius 2 is 1.58 bits per heavy atom. The normalized spacial score (nSPS) is 10.2. The number of amides is 3. The molecule has 0 unspecified atom stereocenters. The number of aryl methyl sites for hydroxylation is 1. The third kappa shape index (κ3) is 5.45. The molecule has 31 heavy (non-hydrogen) atoms. The molecule has 3 rings (SSSR count). The van der Waals surface area contributed by atoms with Crippen LogP contribution in [0, 0.1) is 13.8 Å². The van der Waals surface area contributed by atoms with Gasteiger partial charge in [0.2, 0.25) is 0 Å². The van der Waals surface area contributed by atoms with Gasteiger partial charge in [0.05, 0.1) is 0 Å². The summed E-state index contributed by atoms with van der Waals surface area (Å²) >= 11 is 0. The van der Waals surface area contributed by atoms with Gasteiger partial charge in [-0.1, -0.05) is 12.1 Å². The fraction of sp³-hybridized carbons (Fsp3) is 0.130. The average molecular weight is 418 g/mol. The van der Waals surface area contributed by atoms with Crippen LogP contribution in [0.25, 0.3) is 0 Å². The smallest absolute Gasteiger partial charge is 0.314 e. The van der Waals surface area contributed by atoms with Crippen LogP contribution >= 0.6 is 0 Å². The van der Waals surface area contributed by atoms with E-state index in [1.54, 1.807) is 36.4 Å². The molecule has 2 aromatic carbocycles. The van der Waals surface area contributed by atoms with Crippen molar-refractivity contribution < 1.29 is 19.1 Å². The molecule has 3 amide bonds. The summed E-state index contributed by atoms with van der Waals surface area (Å²) in [5, 5.41) is 7.67.